The van der Waals surface area contributed by atoms with Crippen molar-refractivity contribution in [3.63, 3.8) is 0 Å². The predicted molar refractivity (Wildman–Crippen MR) is 126 cm³/mol. The van der Waals surface area contributed by atoms with Gasteiger partial charge in [-0.25, -0.2) is 9.59 Å². The molecule has 4 rings (SSSR count). The zero-order valence-corrected chi connectivity index (χ0v) is 21.6. The molecule has 0 aliphatic heterocycles. The molecule has 0 radical (unpaired) electrons. The van der Waals surface area contributed by atoms with E-state index in [1.807, 2.05) is 6.92 Å². The lowest BCUT2D eigenvalue weighted by Crippen LogP contribution is -2.54. The summed E-state index contributed by atoms with van der Waals surface area (Å²) in [5.41, 5.74) is 2.08. The minimum absolute atomic E-state index is 0.0154. The van der Waals surface area contributed by atoms with Gasteiger partial charge in [0.15, 0.2) is 0 Å². The van der Waals surface area contributed by atoms with Gasteiger partial charge in [-0.2, -0.15) is 0 Å². The Morgan fingerprint density at radius 2 is 1.60 bits per heavy atom. The van der Waals surface area contributed by atoms with Crippen molar-refractivity contribution in [2.45, 2.75) is 71.5 Å². The van der Waals surface area contributed by atoms with E-state index < -0.39 is 29.9 Å². The Hall–Kier alpha value is -2.51. The summed E-state index contributed by atoms with van der Waals surface area (Å²) in [6, 6.07) is 0. The van der Waals surface area contributed by atoms with Crippen molar-refractivity contribution in [2.75, 3.05) is 21.3 Å². The second-order valence-corrected chi connectivity index (χ2v) is 11.0. The minimum Gasteiger partial charge on any atom is -0.469 e. The van der Waals surface area contributed by atoms with Crippen molar-refractivity contribution in [3.05, 3.63) is 23.3 Å². The summed E-state index contributed by atoms with van der Waals surface area (Å²) in [5, 5.41) is 0. The third-order valence-electron chi connectivity index (χ3n) is 9.68. The number of ether oxygens (including phenoxy) is 5. The molecule has 8 nitrogen and oxygen atoms in total. The van der Waals surface area contributed by atoms with E-state index in [9.17, 15) is 14.4 Å². The number of carbonyl (C=O) groups excluding carboxylic acids is 3. The average Bonchev–Trinajstić information content (AvgIpc) is 3.20. The number of methoxy groups -OCH3 is 3. The van der Waals surface area contributed by atoms with Gasteiger partial charge in [0, 0.05) is 18.3 Å². The summed E-state index contributed by atoms with van der Waals surface area (Å²) in [7, 11) is 4.04. The van der Waals surface area contributed by atoms with E-state index in [1.165, 1.54) is 26.9 Å². The van der Waals surface area contributed by atoms with Crippen LogP contribution in [0.1, 0.15) is 59.3 Å². The Labute approximate surface area is 207 Å². The van der Waals surface area contributed by atoms with Crippen LogP contribution in [0.15, 0.2) is 23.3 Å². The first-order valence-corrected chi connectivity index (χ1v) is 12.6. The van der Waals surface area contributed by atoms with Crippen LogP contribution in [0, 0.1) is 34.5 Å². The van der Waals surface area contributed by atoms with E-state index in [0.29, 0.717) is 18.8 Å². The Kier molecular flexibility index (Phi) is 6.95. The van der Waals surface area contributed by atoms with Gasteiger partial charge in [0.2, 0.25) is 0 Å². The summed E-state index contributed by atoms with van der Waals surface area (Å²) in [5.74, 6) is 0.545. The first-order valence-electron chi connectivity index (χ1n) is 12.6. The second kappa shape index (κ2) is 9.51. The third-order valence-corrected chi connectivity index (χ3v) is 9.68. The fraction of sp³-hybridized carbons (Fsp3) is 0.741. The van der Waals surface area contributed by atoms with Crippen molar-refractivity contribution >= 4 is 18.3 Å². The first-order chi connectivity index (χ1) is 16.6. The number of rotatable bonds is 4. The summed E-state index contributed by atoms with van der Waals surface area (Å²) in [6.07, 6.45) is 6.83. The van der Waals surface area contributed by atoms with Crippen LogP contribution in [0.4, 0.5) is 9.59 Å². The molecule has 4 aliphatic carbocycles. The van der Waals surface area contributed by atoms with Crippen LogP contribution < -0.4 is 0 Å². The smallest absolute Gasteiger partial charge is 0.469 e. The van der Waals surface area contributed by atoms with E-state index in [4.69, 9.17) is 23.7 Å². The number of hydrogen-bond donors (Lipinski definition) is 0. The van der Waals surface area contributed by atoms with Crippen molar-refractivity contribution in [2.24, 2.45) is 34.5 Å². The molecule has 0 amide bonds. The molecule has 0 aromatic carbocycles. The number of carbonyl (C=O) groups is 3. The zero-order valence-electron chi connectivity index (χ0n) is 21.6. The summed E-state index contributed by atoms with van der Waals surface area (Å²) >= 11 is 0. The minimum atomic E-state index is -0.742. The van der Waals surface area contributed by atoms with E-state index in [2.05, 4.69) is 26.0 Å². The van der Waals surface area contributed by atoms with Crippen LogP contribution in [0.3, 0.4) is 0 Å². The third kappa shape index (κ3) is 4.12. The number of esters is 1. The molecule has 194 valence electrons. The van der Waals surface area contributed by atoms with E-state index in [0.717, 1.165) is 31.3 Å². The van der Waals surface area contributed by atoms with Crippen LogP contribution in [0.25, 0.3) is 0 Å². The SMILES string of the molecule is COC(=O)OC1CC2=CC=C3[C@@H]4CC[C@H](C(C)C(=O)OC)[C@@]4(C)CC[C@@H]3[C@@]2(C)C(OC(=O)OC)C1. The maximum atomic E-state index is 12.4. The number of allylic oxidation sites excluding steroid dienone is 3. The van der Waals surface area contributed by atoms with E-state index >= 15 is 0 Å². The monoisotopic (exact) mass is 490 g/mol. The van der Waals surface area contributed by atoms with Gasteiger partial charge in [0.05, 0.1) is 27.2 Å². The summed E-state index contributed by atoms with van der Waals surface area (Å²) in [4.78, 5) is 36.4. The molecular weight excluding hydrogens is 452 g/mol. The highest BCUT2D eigenvalue weighted by Crippen LogP contribution is 2.66. The lowest BCUT2D eigenvalue weighted by Gasteiger charge is -2.56. The highest BCUT2D eigenvalue weighted by Gasteiger charge is 2.60. The molecule has 0 heterocycles. The van der Waals surface area contributed by atoms with E-state index in [1.54, 1.807) is 0 Å². The largest absolute Gasteiger partial charge is 0.508 e. The Morgan fingerprint density at radius 1 is 0.914 bits per heavy atom. The van der Waals surface area contributed by atoms with Gasteiger partial charge in [-0.05, 0) is 48.9 Å². The van der Waals surface area contributed by atoms with Crippen molar-refractivity contribution < 1.29 is 38.1 Å². The molecule has 8 heteroatoms. The average molecular weight is 491 g/mol. The summed E-state index contributed by atoms with van der Waals surface area (Å²) in [6.45, 7) is 6.50. The van der Waals surface area contributed by atoms with Gasteiger partial charge in [-0.1, -0.05) is 44.1 Å². The highest BCUT2D eigenvalue weighted by atomic mass is 16.7. The molecule has 0 bridgehead atoms. The highest BCUT2D eigenvalue weighted by molar-refractivity contribution is 5.72. The molecule has 4 aliphatic rings. The molecular formula is C27H38O8. The van der Waals surface area contributed by atoms with Gasteiger partial charge >= 0.3 is 18.3 Å². The normalized spacial score (nSPS) is 38.4. The molecule has 3 saturated carbocycles. The topological polar surface area (TPSA) is 97.4 Å². The molecule has 0 saturated heterocycles. The maximum absolute atomic E-state index is 12.4. The molecule has 0 aromatic heterocycles. The van der Waals surface area contributed by atoms with Crippen LogP contribution in [-0.2, 0) is 28.5 Å². The number of hydrogen-bond acceptors (Lipinski definition) is 8. The summed E-state index contributed by atoms with van der Waals surface area (Å²) < 4.78 is 25.9. The van der Waals surface area contributed by atoms with Gasteiger partial charge in [-0.15, -0.1) is 0 Å². The molecule has 35 heavy (non-hydrogen) atoms. The van der Waals surface area contributed by atoms with Crippen LogP contribution >= 0.6 is 0 Å². The van der Waals surface area contributed by atoms with Crippen LogP contribution in [-0.4, -0.2) is 51.8 Å². The van der Waals surface area contributed by atoms with Gasteiger partial charge in [-0.3, -0.25) is 4.79 Å². The molecule has 0 spiro atoms. The molecule has 0 N–H and O–H groups in total. The Morgan fingerprint density at radius 3 is 2.26 bits per heavy atom. The molecule has 3 unspecified atom stereocenters. The molecule has 0 aromatic rings. The lowest BCUT2D eigenvalue weighted by molar-refractivity contribution is -0.148. The second-order valence-electron chi connectivity index (χ2n) is 11.0. The van der Waals surface area contributed by atoms with Crippen LogP contribution in [0.5, 0.6) is 0 Å². The quantitative estimate of drug-likeness (QED) is 0.391. The van der Waals surface area contributed by atoms with Crippen LogP contribution in [0.2, 0.25) is 0 Å². The van der Waals surface area contributed by atoms with E-state index in [-0.39, 0.29) is 29.1 Å². The zero-order chi connectivity index (χ0) is 25.5. The standard InChI is InChI=1S/C27H38O8/c1-15(23(28)31-4)19-9-10-20-18-8-7-16-13-17(34-24(29)32-5)14-22(35-25(30)33-6)27(16,3)21(18)11-12-26(19,20)2/h7-8,15,17,19-22H,9-14H2,1-6H3/t15?,17?,19-,20+,21+,22?,26-,27+/m1/s1. The Balaban J connectivity index is 1.67. The van der Waals surface area contributed by atoms with Crippen molar-refractivity contribution in [1.29, 1.82) is 0 Å². The fourth-order valence-corrected chi connectivity index (χ4v) is 7.83. The number of fused-ring (bicyclic) bond motifs is 5. The van der Waals surface area contributed by atoms with Gasteiger partial charge in [0.1, 0.15) is 12.2 Å². The lowest BCUT2D eigenvalue weighted by atomic mass is 9.49. The van der Waals surface area contributed by atoms with Gasteiger partial charge < -0.3 is 23.7 Å². The maximum Gasteiger partial charge on any atom is 0.508 e. The fourth-order valence-electron chi connectivity index (χ4n) is 7.83. The Bertz CT molecular complexity index is 937. The molecule has 8 atom stereocenters. The predicted octanol–water partition coefficient (Wildman–Crippen LogP) is 5.21. The van der Waals surface area contributed by atoms with Gasteiger partial charge in [0.25, 0.3) is 0 Å². The first kappa shape index (κ1) is 25.6. The van der Waals surface area contributed by atoms with Crippen molar-refractivity contribution in [3.8, 4) is 0 Å². The molecule has 3 fully saturated rings. The van der Waals surface area contributed by atoms with Crippen molar-refractivity contribution in [1.82, 2.24) is 0 Å².